The molecule has 34 heavy (non-hydrogen) atoms. The standard InChI is InChI=1S/C25H20ClN3O4.Na.H/c26-20-11-9-17(10-12-20)16-5-7-18(8-6-16)23(30)15-19(25(32)33)13-14-29-24(31)21-3-1-2-4-22(21)27-28-29;;/h1-12,19H,13-15H2,(H,32,33);;. The molecule has 4 rings (SSSR count). The SMILES string of the molecule is O=C(CC(CCn1nnc2ccccc2c1=O)C(=O)O)c1ccc(-c2ccc(Cl)cc2)cc1.[NaH]. The van der Waals surface area contributed by atoms with Gasteiger partial charge in [-0.3, -0.25) is 14.4 Å². The zero-order valence-electron chi connectivity index (χ0n) is 17.5. The first-order valence-electron chi connectivity index (χ1n) is 10.4. The molecule has 0 aliphatic rings. The van der Waals surface area contributed by atoms with Crippen LogP contribution in [0.2, 0.25) is 5.02 Å². The van der Waals surface area contributed by atoms with E-state index in [2.05, 4.69) is 10.3 Å². The number of aryl methyl sites for hydroxylation is 1. The summed E-state index contributed by atoms with van der Waals surface area (Å²) in [5, 5.41) is 18.6. The second-order valence-electron chi connectivity index (χ2n) is 7.67. The number of benzene rings is 3. The molecule has 3 aromatic carbocycles. The van der Waals surface area contributed by atoms with E-state index in [1.807, 2.05) is 24.3 Å². The van der Waals surface area contributed by atoms with Gasteiger partial charge in [-0.2, -0.15) is 0 Å². The number of fused-ring (bicyclic) bond motifs is 1. The zero-order chi connectivity index (χ0) is 23.4. The number of halogens is 1. The number of carbonyl (C=O) groups is 2. The van der Waals surface area contributed by atoms with Crippen LogP contribution in [0.3, 0.4) is 0 Å². The molecule has 0 amide bonds. The van der Waals surface area contributed by atoms with Crippen LogP contribution < -0.4 is 5.56 Å². The molecule has 1 unspecified atom stereocenters. The number of aromatic nitrogens is 3. The number of aliphatic carboxylic acids is 1. The first kappa shape index (κ1) is 25.8. The van der Waals surface area contributed by atoms with Crippen LogP contribution in [0.15, 0.2) is 77.6 Å². The summed E-state index contributed by atoms with van der Waals surface area (Å²) >= 11 is 5.92. The molecular formula is C25H21ClN3NaO4. The van der Waals surface area contributed by atoms with Gasteiger partial charge in [-0.25, -0.2) is 4.68 Å². The molecule has 0 aliphatic heterocycles. The van der Waals surface area contributed by atoms with Crippen molar-refractivity contribution in [2.24, 2.45) is 5.92 Å². The van der Waals surface area contributed by atoms with Gasteiger partial charge in [-0.1, -0.05) is 65.3 Å². The Balaban J connectivity index is 0.00000324. The summed E-state index contributed by atoms with van der Waals surface area (Å²) in [7, 11) is 0. The van der Waals surface area contributed by atoms with Crippen LogP contribution in [0.1, 0.15) is 23.2 Å². The predicted octanol–water partition coefficient (Wildman–Crippen LogP) is 3.83. The molecule has 9 heteroatoms. The number of ketones is 1. The van der Waals surface area contributed by atoms with Gasteiger partial charge in [0.1, 0.15) is 5.52 Å². The van der Waals surface area contributed by atoms with Crippen molar-refractivity contribution in [1.29, 1.82) is 0 Å². The van der Waals surface area contributed by atoms with Gasteiger partial charge in [-0.05, 0) is 41.8 Å². The predicted molar refractivity (Wildman–Crippen MR) is 133 cm³/mol. The average molecular weight is 486 g/mol. The van der Waals surface area contributed by atoms with E-state index in [0.717, 1.165) is 15.8 Å². The van der Waals surface area contributed by atoms with Gasteiger partial charge in [0, 0.05) is 23.6 Å². The monoisotopic (exact) mass is 485 g/mol. The van der Waals surface area contributed by atoms with Crippen LogP contribution >= 0.6 is 11.6 Å². The van der Waals surface area contributed by atoms with Gasteiger partial charge < -0.3 is 5.11 Å². The van der Waals surface area contributed by atoms with Crippen molar-refractivity contribution in [2.75, 3.05) is 0 Å². The fourth-order valence-corrected chi connectivity index (χ4v) is 3.72. The summed E-state index contributed by atoms with van der Waals surface area (Å²) in [6, 6.07) is 21.2. The van der Waals surface area contributed by atoms with Gasteiger partial charge >= 0.3 is 35.5 Å². The normalized spacial score (nSPS) is 11.6. The van der Waals surface area contributed by atoms with Gasteiger partial charge in [0.2, 0.25) is 0 Å². The Bertz CT molecular complexity index is 1370. The summed E-state index contributed by atoms with van der Waals surface area (Å²) in [5.74, 6) is -2.32. The third-order valence-corrected chi connectivity index (χ3v) is 5.74. The quantitative estimate of drug-likeness (QED) is 0.300. The topological polar surface area (TPSA) is 102 Å². The van der Waals surface area contributed by atoms with Crippen LogP contribution in [0.4, 0.5) is 0 Å². The van der Waals surface area contributed by atoms with E-state index >= 15 is 0 Å². The number of carbonyl (C=O) groups excluding carboxylic acids is 1. The molecule has 0 radical (unpaired) electrons. The van der Waals surface area contributed by atoms with Gasteiger partial charge in [-0.15, -0.1) is 5.10 Å². The number of hydrogen-bond donors (Lipinski definition) is 1. The Labute approximate surface area is 222 Å². The van der Waals surface area contributed by atoms with E-state index in [-0.39, 0.29) is 60.3 Å². The maximum absolute atomic E-state index is 12.7. The summed E-state index contributed by atoms with van der Waals surface area (Å²) in [6.45, 7) is 0.0520. The molecule has 1 N–H and O–H groups in total. The number of carboxylic acid groups (broad SMARTS) is 1. The van der Waals surface area contributed by atoms with Gasteiger partial charge in [0.25, 0.3) is 5.56 Å². The first-order valence-corrected chi connectivity index (χ1v) is 10.7. The van der Waals surface area contributed by atoms with Gasteiger partial charge in [0.15, 0.2) is 5.78 Å². The zero-order valence-corrected chi connectivity index (χ0v) is 18.3. The Kier molecular flexibility index (Phi) is 8.74. The molecule has 1 heterocycles. The summed E-state index contributed by atoms with van der Waals surface area (Å²) in [5.41, 5.74) is 2.46. The maximum atomic E-state index is 12.7. The second-order valence-corrected chi connectivity index (χ2v) is 8.11. The fourth-order valence-electron chi connectivity index (χ4n) is 3.59. The number of carboxylic acids is 1. The molecular weight excluding hydrogens is 465 g/mol. The van der Waals surface area contributed by atoms with Crippen LogP contribution in [0.25, 0.3) is 22.0 Å². The van der Waals surface area contributed by atoms with Crippen molar-refractivity contribution >= 4 is 63.8 Å². The molecule has 0 saturated heterocycles. The summed E-state index contributed by atoms with van der Waals surface area (Å²) < 4.78 is 1.14. The molecule has 0 spiro atoms. The third kappa shape index (κ3) is 5.98. The fraction of sp³-hybridized carbons (Fsp3) is 0.160. The van der Waals surface area contributed by atoms with Crippen LogP contribution in [-0.2, 0) is 11.3 Å². The molecule has 0 aliphatic carbocycles. The minimum absolute atomic E-state index is 0. The number of rotatable bonds is 8. The van der Waals surface area contributed by atoms with E-state index in [0.29, 0.717) is 21.5 Å². The van der Waals surface area contributed by atoms with Crippen molar-refractivity contribution in [3.63, 3.8) is 0 Å². The molecule has 1 atom stereocenters. The van der Waals surface area contributed by atoms with Crippen LogP contribution in [0, 0.1) is 5.92 Å². The van der Waals surface area contributed by atoms with Crippen molar-refractivity contribution in [1.82, 2.24) is 15.0 Å². The van der Waals surface area contributed by atoms with Crippen molar-refractivity contribution in [3.8, 4) is 11.1 Å². The Morgan fingerprint density at radius 3 is 2.21 bits per heavy atom. The molecule has 168 valence electrons. The van der Waals surface area contributed by atoms with E-state index in [1.165, 1.54) is 0 Å². The minimum atomic E-state index is -1.09. The Morgan fingerprint density at radius 2 is 1.56 bits per heavy atom. The number of nitrogens with zero attached hydrogens (tertiary/aromatic N) is 3. The van der Waals surface area contributed by atoms with Crippen molar-refractivity contribution in [3.05, 3.63) is 93.7 Å². The summed E-state index contributed by atoms with van der Waals surface area (Å²) in [6.07, 6.45) is -0.0950. The van der Waals surface area contributed by atoms with Crippen molar-refractivity contribution in [2.45, 2.75) is 19.4 Å². The average Bonchev–Trinajstić information content (AvgIpc) is 2.83. The molecule has 0 fully saturated rings. The molecule has 1 aromatic heterocycles. The Morgan fingerprint density at radius 1 is 0.941 bits per heavy atom. The molecule has 0 saturated carbocycles. The van der Waals surface area contributed by atoms with E-state index in [1.54, 1.807) is 48.5 Å². The number of hydrogen-bond acceptors (Lipinski definition) is 5. The third-order valence-electron chi connectivity index (χ3n) is 5.48. The Hall–Kier alpha value is -2.84. The number of Topliss-reactive ketones (excluding diaryl/α,β-unsaturated/α-hetero) is 1. The molecule has 7 nitrogen and oxygen atoms in total. The van der Waals surface area contributed by atoms with E-state index in [9.17, 15) is 19.5 Å². The van der Waals surface area contributed by atoms with E-state index < -0.39 is 11.9 Å². The van der Waals surface area contributed by atoms with E-state index in [4.69, 9.17) is 11.6 Å². The van der Waals surface area contributed by atoms with Crippen LogP contribution in [-0.4, -0.2) is 61.4 Å². The first-order chi connectivity index (χ1) is 15.9. The van der Waals surface area contributed by atoms with Gasteiger partial charge in [0.05, 0.1) is 11.3 Å². The summed E-state index contributed by atoms with van der Waals surface area (Å²) in [4.78, 5) is 37.1. The molecule has 0 bridgehead atoms. The second kappa shape index (κ2) is 11.5. The van der Waals surface area contributed by atoms with Crippen LogP contribution in [0.5, 0.6) is 0 Å². The molecule has 4 aromatic rings. The van der Waals surface area contributed by atoms with Crippen molar-refractivity contribution < 1.29 is 14.7 Å².